The number of carbonyl (C=O) groups is 2. The van der Waals surface area contributed by atoms with Crippen LogP contribution >= 0.6 is 0 Å². The lowest BCUT2D eigenvalue weighted by molar-refractivity contribution is -0.118. The lowest BCUT2D eigenvalue weighted by atomic mass is 10.0. The van der Waals surface area contributed by atoms with Crippen LogP contribution in [0.1, 0.15) is 12.8 Å². The Balaban J connectivity index is 1.70. The molecule has 0 fully saturated rings. The average Bonchev–Trinajstić information content (AvgIpc) is 2.68. The Kier molecular flexibility index (Phi) is 5.37. The van der Waals surface area contributed by atoms with Gasteiger partial charge in [-0.25, -0.2) is 0 Å². The van der Waals surface area contributed by atoms with Gasteiger partial charge in [-0.2, -0.15) is 0 Å². The molecular weight excluding hydrogens is 310 g/mol. The Morgan fingerprint density at radius 3 is 1.72 bits per heavy atom. The van der Waals surface area contributed by atoms with Gasteiger partial charge in [0, 0.05) is 18.5 Å². The van der Waals surface area contributed by atoms with Crippen molar-refractivity contribution in [3.63, 3.8) is 0 Å². The van der Waals surface area contributed by atoms with Crippen LogP contribution in [0.15, 0.2) is 78.9 Å². The Labute approximate surface area is 147 Å². The van der Waals surface area contributed by atoms with Crippen LogP contribution in [-0.4, -0.2) is 12.2 Å². The highest BCUT2D eigenvalue weighted by molar-refractivity contribution is 5.91. The zero-order chi connectivity index (χ0) is 17.5. The SMILES string of the molecule is O=CCCC(=O)Nc1ccc(-c2ccc(-c3ccccc3)cc2)cc1. The molecule has 0 bridgehead atoms. The maximum absolute atomic E-state index is 11.6. The number of hydrogen-bond acceptors (Lipinski definition) is 2. The van der Waals surface area contributed by atoms with E-state index >= 15 is 0 Å². The molecule has 0 aliphatic heterocycles. The first-order valence-corrected chi connectivity index (χ1v) is 8.26. The van der Waals surface area contributed by atoms with Crippen LogP contribution in [0.25, 0.3) is 22.3 Å². The molecule has 3 aromatic rings. The quantitative estimate of drug-likeness (QED) is 0.651. The minimum atomic E-state index is -0.146. The molecule has 25 heavy (non-hydrogen) atoms. The third kappa shape index (κ3) is 4.42. The fourth-order valence-electron chi connectivity index (χ4n) is 2.65. The third-order valence-corrected chi connectivity index (χ3v) is 3.98. The highest BCUT2D eigenvalue weighted by atomic mass is 16.1. The maximum atomic E-state index is 11.6. The molecule has 0 heterocycles. The minimum absolute atomic E-state index is 0.146. The van der Waals surface area contributed by atoms with Crippen LogP contribution in [0.4, 0.5) is 5.69 Å². The molecule has 3 nitrogen and oxygen atoms in total. The molecule has 3 aromatic carbocycles. The van der Waals surface area contributed by atoms with Crippen LogP contribution < -0.4 is 5.32 Å². The molecule has 0 aromatic heterocycles. The van der Waals surface area contributed by atoms with Gasteiger partial charge in [0.15, 0.2) is 0 Å². The monoisotopic (exact) mass is 329 g/mol. The summed E-state index contributed by atoms with van der Waals surface area (Å²) in [6.45, 7) is 0. The number of aldehydes is 1. The highest BCUT2D eigenvalue weighted by Gasteiger charge is 2.03. The Morgan fingerprint density at radius 2 is 1.20 bits per heavy atom. The standard InChI is InChI=1S/C22H19NO2/c24-16-4-7-22(25)23-21-14-12-20(13-15-21)19-10-8-18(9-11-19)17-5-2-1-3-6-17/h1-3,5-6,8-16H,4,7H2,(H,23,25). The molecule has 0 aliphatic carbocycles. The van der Waals surface area contributed by atoms with Crippen molar-refractivity contribution < 1.29 is 9.59 Å². The largest absolute Gasteiger partial charge is 0.326 e. The van der Waals surface area contributed by atoms with Crippen molar-refractivity contribution in [3.05, 3.63) is 78.9 Å². The van der Waals surface area contributed by atoms with Gasteiger partial charge < -0.3 is 10.1 Å². The average molecular weight is 329 g/mol. The zero-order valence-electron chi connectivity index (χ0n) is 13.8. The zero-order valence-corrected chi connectivity index (χ0v) is 13.8. The van der Waals surface area contributed by atoms with E-state index in [0.29, 0.717) is 0 Å². The van der Waals surface area contributed by atoms with Crippen molar-refractivity contribution in [2.75, 3.05) is 5.32 Å². The number of nitrogens with one attached hydrogen (secondary N) is 1. The molecule has 0 atom stereocenters. The lowest BCUT2D eigenvalue weighted by Gasteiger charge is -2.07. The molecule has 0 unspecified atom stereocenters. The first-order valence-electron chi connectivity index (χ1n) is 8.26. The summed E-state index contributed by atoms with van der Waals surface area (Å²) in [5.41, 5.74) is 5.33. The number of carbonyl (C=O) groups excluding carboxylic acids is 2. The summed E-state index contributed by atoms with van der Waals surface area (Å²) >= 11 is 0. The summed E-state index contributed by atoms with van der Waals surface area (Å²) in [6, 6.07) is 26.4. The molecule has 3 heteroatoms. The number of anilines is 1. The smallest absolute Gasteiger partial charge is 0.224 e. The Morgan fingerprint density at radius 1 is 0.720 bits per heavy atom. The first-order chi connectivity index (χ1) is 12.3. The van der Waals surface area contributed by atoms with Gasteiger partial charge in [-0.1, -0.05) is 66.7 Å². The highest BCUT2D eigenvalue weighted by Crippen LogP contribution is 2.25. The van der Waals surface area contributed by atoms with Crippen LogP contribution in [-0.2, 0) is 9.59 Å². The number of hydrogen-bond donors (Lipinski definition) is 1. The van der Waals surface area contributed by atoms with Gasteiger partial charge in [-0.05, 0) is 34.4 Å². The van der Waals surface area contributed by atoms with Gasteiger partial charge >= 0.3 is 0 Å². The summed E-state index contributed by atoms with van der Waals surface area (Å²) in [7, 11) is 0. The fourth-order valence-corrected chi connectivity index (χ4v) is 2.65. The second-order valence-electron chi connectivity index (χ2n) is 5.77. The molecule has 0 saturated heterocycles. The summed E-state index contributed by atoms with van der Waals surface area (Å²) in [4.78, 5) is 21.9. The van der Waals surface area contributed by atoms with Crippen molar-refractivity contribution in [1.29, 1.82) is 0 Å². The summed E-state index contributed by atoms with van der Waals surface area (Å²) in [5, 5.41) is 2.79. The molecular formula is C22H19NO2. The predicted octanol–water partition coefficient (Wildman–Crippen LogP) is 4.94. The van der Waals surface area contributed by atoms with Crippen LogP contribution in [0.3, 0.4) is 0 Å². The van der Waals surface area contributed by atoms with Crippen molar-refractivity contribution in [2.45, 2.75) is 12.8 Å². The number of amides is 1. The second kappa shape index (κ2) is 8.06. The fraction of sp³-hybridized carbons (Fsp3) is 0.0909. The van der Waals surface area contributed by atoms with Crippen molar-refractivity contribution in [2.24, 2.45) is 0 Å². The first kappa shape index (κ1) is 16.7. The van der Waals surface area contributed by atoms with E-state index in [-0.39, 0.29) is 18.7 Å². The molecule has 1 amide bonds. The second-order valence-corrected chi connectivity index (χ2v) is 5.77. The summed E-state index contributed by atoms with van der Waals surface area (Å²) in [6.07, 6.45) is 1.21. The Hall–Kier alpha value is -3.20. The van der Waals surface area contributed by atoms with Crippen LogP contribution in [0.2, 0.25) is 0 Å². The molecule has 0 spiro atoms. The van der Waals surface area contributed by atoms with E-state index in [4.69, 9.17) is 0 Å². The van der Waals surface area contributed by atoms with Crippen LogP contribution in [0, 0.1) is 0 Å². The van der Waals surface area contributed by atoms with E-state index in [0.717, 1.165) is 23.1 Å². The maximum Gasteiger partial charge on any atom is 0.224 e. The third-order valence-electron chi connectivity index (χ3n) is 3.98. The summed E-state index contributed by atoms with van der Waals surface area (Å²) in [5.74, 6) is -0.146. The summed E-state index contributed by atoms with van der Waals surface area (Å²) < 4.78 is 0. The van der Waals surface area contributed by atoms with E-state index in [9.17, 15) is 9.59 Å². The molecule has 3 rings (SSSR count). The van der Waals surface area contributed by atoms with Crippen molar-refractivity contribution >= 4 is 17.9 Å². The molecule has 0 saturated carbocycles. The predicted molar refractivity (Wildman–Crippen MR) is 101 cm³/mol. The van der Waals surface area contributed by atoms with E-state index in [2.05, 4.69) is 41.7 Å². The molecule has 124 valence electrons. The minimum Gasteiger partial charge on any atom is -0.326 e. The van der Waals surface area contributed by atoms with E-state index in [1.165, 1.54) is 11.1 Å². The van der Waals surface area contributed by atoms with E-state index < -0.39 is 0 Å². The topological polar surface area (TPSA) is 46.2 Å². The van der Waals surface area contributed by atoms with Crippen molar-refractivity contribution in [3.8, 4) is 22.3 Å². The molecule has 0 aliphatic rings. The molecule has 1 N–H and O–H groups in total. The normalized spacial score (nSPS) is 10.2. The Bertz CT molecular complexity index is 837. The van der Waals surface area contributed by atoms with E-state index in [1.54, 1.807) is 0 Å². The molecule has 0 radical (unpaired) electrons. The van der Waals surface area contributed by atoms with Gasteiger partial charge in [0.2, 0.25) is 5.91 Å². The lowest BCUT2D eigenvalue weighted by Crippen LogP contribution is -2.11. The van der Waals surface area contributed by atoms with Gasteiger partial charge in [0.25, 0.3) is 0 Å². The van der Waals surface area contributed by atoms with Crippen LogP contribution in [0.5, 0.6) is 0 Å². The van der Waals surface area contributed by atoms with Gasteiger partial charge in [-0.15, -0.1) is 0 Å². The number of rotatable bonds is 6. The van der Waals surface area contributed by atoms with Gasteiger partial charge in [-0.3, -0.25) is 4.79 Å². The van der Waals surface area contributed by atoms with Crippen molar-refractivity contribution in [1.82, 2.24) is 0 Å². The van der Waals surface area contributed by atoms with Gasteiger partial charge in [0.1, 0.15) is 6.29 Å². The number of benzene rings is 3. The van der Waals surface area contributed by atoms with E-state index in [1.807, 2.05) is 42.5 Å². The van der Waals surface area contributed by atoms with Gasteiger partial charge in [0.05, 0.1) is 0 Å².